The Morgan fingerprint density at radius 2 is 1.88 bits per heavy atom. The number of rotatable bonds is 10. The molecule has 0 aliphatic heterocycles. The van der Waals surface area contributed by atoms with Gasteiger partial charge in [-0.3, -0.25) is 14.3 Å². The molecule has 1 aromatic heterocycles. The summed E-state index contributed by atoms with van der Waals surface area (Å²) in [5.41, 5.74) is -0.385. The molecule has 0 aliphatic carbocycles. The van der Waals surface area contributed by atoms with Gasteiger partial charge < -0.3 is 9.47 Å². The van der Waals surface area contributed by atoms with Gasteiger partial charge in [0.1, 0.15) is 6.73 Å². The van der Waals surface area contributed by atoms with Gasteiger partial charge in [0.15, 0.2) is 6.29 Å². The summed E-state index contributed by atoms with van der Waals surface area (Å²) in [7, 11) is 0. The molecule has 142 valence electrons. The van der Waals surface area contributed by atoms with Crippen LogP contribution in [0.2, 0.25) is 0 Å². The van der Waals surface area contributed by atoms with Gasteiger partial charge in [0, 0.05) is 17.1 Å². The largest absolute Gasteiger partial charge is 0.353 e. The lowest BCUT2D eigenvalue weighted by molar-refractivity contribution is -0.154. The lowest BCUT2D eigenvalue weighted by Gasteiger charge is -2.18. The van der Waals surface area contributed by atoms with Crippen molar-refractivity contribution in [1.29, 1.82) is 0 Å². The summed E-state index contributed by atoms with van der Waals surface area (Å²) < 4.78 is 12.7. The second-order valence-electron chi connectivity index (χ2n) is 5.97. The monoisotopic (exact) mass is 378 g/mol. The van der Waals surface area contributed by atoms with Gasteiger partial charge in [-0.1, -0.05) is 49.7 Å². The molecule has 1 atom stereocenters. The summed E-state index contributed by atoms with van der Waals surface area (Å²) in [6.07, 6.45) is 2.80. The highest BCUT2D eigenvalue weighted by Crippen LogP contribution is 2.27. The quantitative estimate of drug-likeness (QED) is 0.389. The normalized spacial score (nSPS) is 12.3. The predicted molar refractivity (Wildman–Crippen MR) is 103 cm³/mol. The fourth-order valence-corrected chi connectivity index (χ4v) is 3.34. The van der Waals surface area contributed by atoms with Gasteiger partial charge in [-0.25, -0.2) is 4.79 Å². The number of H-pyrrole nitrogens is 1. The highest BCUT2D eigenvalue weighted by atomic mass is 32.2. The molecule has 26 heavy (non-hydrogen) atoms. The molecular formula is C19H26N2O4S. The van der Waals surface area contributed by atoms with Crippen molar-refractivity contribution in [3.63, 3.8) is 0 Å². The Morgan fingerprint density at radius 3 is 2.58 bits per heavy atom. The molecule has 0 saturated carbocycles. The molecular weight excluding hydrogens is 352 g/mol. The van der Waals surface area contributed by atoms with Gasteiger partial charge in [0.25, 0.3) is 5.56 Å². The highest BCUT2D eigenvalue weighted by Gasteiger charge is 2.14. The Morgan fingerprint density at radius 1 is 1.15 bits per heavy atom. The van der Waals surface area contributed by atoms with E-state index >= 15 is 0 Å². The van der Waals surface area contributed by atoms with Gasteiger partial charge in [-0.05, 0) is 32.4 Å². The molecule has 1 unspecified atom stereocenters. The summed E-state index contributed by atoms with van der Waals surface area (Å²) in [5, 5.41) is 0.572. The Kier molecular flexibility index (Phi) is 8.15. The maximum Gasteiger partial charge on any atom is 0.331 e. The topological polar surface area (TPSA) is 73.3 Å². The smallest absolute Gasteiger partial charge is 0.331 e. The Labute approximate surface area is 157 Å². The van der Waals surface area contributed by atoms with E-state index in [1.54, 1.807) is 13.8 Å². The van der Waals surface area contributed by atoms with E-state index < -0.39 is 12.0 Å². The molecule has 1 heterocycles. The zero-order valence-electron chi connectivity index (χ0n) is 15.5. The first-order chi connectivity index (χ1) is 12.5. The lowest BCUT2D eigenvalue weighted by atomic mass is 10.3. The second kappa shape index (κ2) is 10.4. The van der Waals surface area contributed by atoms with E-state index in [4.69, 9.17) is 9.47 Å². The molecule has 1 N–H and O–H groups in total. The maximum atomic E-state index is 12.3. The minimum atomic E-state index is -0.489. The summed E-state index contributed by atoms with van der Waals surface area (Å²) in [6, 6.07) is 9.61. The first-order valence-corrected chi connectivity index (χ1v) is 9.64. The molecule has 0 amide bonds. The first-order valence-electron chi connectivity index (χ1n) is 8.82. The number of nitrogens with zero attached hydrogens (tertiary/aromatic N) is 1. The van der Waals surface area contributed by atoms with Crippen molar-refractivity contribution in [3.05, 3.63) is 56.7 Å². The molecule has 6 nitrogen and oxygen atoms in total. The summed E-state index contributed by atoms with van der Waals surface area (Å²) in [4.78, 5) is 27.6. The number of hydrogen-bond donors (Lipinski definition) is 1. The summed E-state index contributed by atoms with van der Waals surface area (Å²) in [5.74, 6) is 0. The Hall–Kier alpha value is -1.83. The fourth-order valence-electron chi connectivity index (χ4n) is 2.33. The molecule has 1 aromatic carbocycles. The van der Waals surface area contributed by atoms with Crippen LogP contribution in [0.4, 0.5) is 0 Å². The lowest BCUT2D eigenvalue weighted by Crippen LogP contribution is -2.34. The number of benzene rings is 1. The van der Waals surface area contributed by atoms with Crippen molar-refractivity contribution in [1.82, 2.24) is 9.55 Å². The van der Waals surface area contributed by atoms with Gasteiger partial charge in [0.05, 0.1) is 5.03 Å². The Balaban J connectivity index is 2.13. The third kappa shape index (κ3) is 5.86. The molecule has 0 radical (unpaired) electrons. The predicted octanol–water partition coefficient (Wildman–Crippen LogP) is 3.52. The average molecular weight is 378 g/mol. The van der Waals surface area contributed by atoms with Crippen molar-refractivity contribution in [2.24, 2.45) is 0 Å². The van der Waals surface area contributed by atoms with Gasteiger partial charge in [-0.15, -0.1) is 0 Å². The molecule has 2 aromatic rings. The minimum Gasteiger partial charge on any atom is -0.353 e. The van der Waals surface area contributed by atoms with E-state index in [0.717, 1.165) is 24.2 Å². The van der Waals surface area contributed by atoms with Crippen molar-refractivity contribution in [3.8, 4) is 0 Å². The van der Waals surface area contributed by atoms with Crippen LogP contribution in [0.1, 0.15) is 38.7 Å². The minimum absolute atomic E-state index is 0.0144. The van der Waals surface area contributed by atoms with Crippen LogP contribution in [-0.2, 0) is 16.2 Å². The summed E-state index contributed by atoms with van der Waals surface area (Å²) >= 11 is 1.37. The van der Waals surface area contributed by atoms with Crippen molar-refractivity contribution in [2.75, 3.05) is 6.61 Å². The van der Waals surface area contributed by atoms with E-state index in [1.807, 2.05) is 30.3 Å². The average Bonchev–Trinajstić information content (AvgIpc) is 2.63. The van der Waals surface area contributed by atoms with Crippen LogP contribution >= 0.6 is 11.8 Å². The molecule has 0 aliphatic rings. The SMILES string of the molecule is CCCCCOC(C)OCn1c(Sc2ccccc2)c(C)c(=O)[nH]c1=O. The van der Waals surface area contributed by atoms with Crippen LogP contribution in [0.25, 0.3) is 0 Å². The van der Waals surface area contributed by atoms with Gasteiger partial charge >= 0.3 is 5.69 Å². The zero-order valence-corrected chi connectivity index (χ0v) is 16.3. The third-order valence-corrected chi connectivity index (χ3v) is 5.10. The van der Waals surface area contributed by atoms with Crippen molar-refractivity contribution >= 4 is 11.8 Å². The van der Waals surface area contributed by atoms with E-state index in [2.05, 4.69) is 11.9 Å². The van der Waals surface area contributed by atoms with Gasteiger partial charge in [-0.2, -0.15) is 0 Å². The third-order valence-electron chi connectivity index (χ3n) is 3.87. The van der Waals surface area contributed by atoms with E-state index in [0.29, 0.717) is 17.2 Å². The molecule has 0 spiro atoms. The molecule has 0 bridgehead atoms. The van der Waals surface area contributed by atoms with Crippen LogP contribution in [0.5, 0.6) is 0 Å². The Bertz CT molecular complexity index is 801. The van der Waals surface area contributed by atoms with E-state index in [-0.39, 0.29) is 12.3 Å². The number of aromatic nitrogens is 2. The van der Waals surface area contributed by atoms with E-state index in [1.165, 1.54) is 16.3 Å². The van der Waals surface area contributed by atoms with Crippen LogP contribution < -0.4 is 11.2 Å². The van der Waals surface area contributed by atoms with Crippen LogP contribution in [0.3, 0.4) is 0 Å². The number of nitrogens with one attached hydrogen (secondary N) is 1. The molecule has 0 fully saturated rings. The van der Waals surface area contributed by atoms with Crippen molar-refractivity contribution < 1.29 is 9.47 Å². The number of hydrogen-bond acceptors (Lipinski definition) is 5. The van der Waals surface area contributed by atoms with Crippen molar-refractivity contribution in [2.45, 2.75) is 63.0 Å². The first kappa shape index (κ1) is 20.5. The second-order valence-corrected chi connectivity index (χ2v) is 7.04. The summed E-state index contributed by atoms with van der Waals surface area (Å²) in [6.45, 7) is 6.28. The van der Waals surface area contributed by atoms with Crippen LogP contribution in [-0.4, -0.2) is 22.4 Å². The molecule has 0 saturated heterocycles. The standard InChI is InChI=1S/C19H26N2O4S/c1-4-5-9-12-24-15(3)25-13-21-18(14(2)17(22)20-19(21)23)26-16-10-7-6-8-11-16/h6-8,10-11,15H,4-5,9,12-13H2,1-3H3,(H,20,22,23). The highest BCUT2D eigenvalue weighted by molar-refractivity contribution is 7.99. The molecule has 2 rings (SSSR count). The van der Waals surface area contributed by atoms with E-state index in [9.17, 15) is 9.59 Å². The van der Waals surface area contributed by atoms with Gasteiger partial charge in [0.2, 0.25) is 0 Å². The molecule has 7 heteroatoms. The fraction of sp³-hybridized carbons (Fsp3) is 0.474. The van der Waals surface area contributed by atoms with Crippen LogP contribution in [0.15, 0.2) is 49.8 Å². The number of ether oxygens (including phenoxy) is 2. The van der Waals surface area contributed by atoms with Crippen LogP contribution in [0, 0.1) is 6.92 Å². The number of aromatic amines is 1. The maximum absolute atomic E-state index is 12.3. The number of unbranched alkanes of at least 4 members (excludes halogenated alkanes) is 2. The zero-order chi connectivity index (χ0) is 18.9.